The highest BCUT2D eigenvalue weighted by Crippen LogP contribution is 2.19. The average Bonchev–Trinajstić information content (AvgIpc) is 3.45. The molecule has 2 N–H and O–H groups in total. The third-order valence-corrected chi connectivity index (χ3v) is 7.52. The topological polar surface area (TPSA) is 107 Å². The van der Waals surface area contributed by atoms with Gasteiger partial charge in [0.2, 0.25) is 17.8 Å². The number of thiazole rings is 1. The Kier molecular flexibility index (Phi) is 8.35. The predicted molar refractivity (Wildman–Crippen MR) is 141 cm³/mol. The lowest BCUT2D eigenvalue weighted by atomic mass is 10.1. The van der Waals surface area contributed by atoms with Gasteiger partial charge in [-0.15, -0.1) is 11.3 Å². The molecule has 3 amide bonds. The van der Waals surface area contributed by atoms with Crippen LogP contribution in [0, 0.1) is 20.8 Å². The molecule has 2 saturated heterocycles. The molecule has 0 radical (unpaired) electrons. The summed E-state index contributed by atoms with van der Waals surface area (Å²) in [5, 5.41) is 6.87. The number of aryl methyl sites for hydroxylation is 3. The van der Waals surface area contributed by atoms with E-state index in [-0.39, 0.29) is 30.2 Å². The van der Waals surface area contributed by atoms with E-state index >= 15 is 0 Å². The predicted octanol–water partition coefficient (Wildman–Crippen LogP) is 3.27. The second kappa shape index (κ2) is 11.6. The maximum Gasteiger partial charge on any atom is 0.269 e. The lowest BCUT2D eigenvalue weighted by Gasteiger charge is -2.25. The van der Waals surface area contributed by atoms with Crippen molar-refractivity contribution < 1.29 is 14.4 Å². The fourth-order valence-corrected chi connectivity index (χ4v) is 5.42. The lowest BCUT2D eigenvalue weighted by Crippen LogP contribution is -2.45. The zero-order valence-corrected chi connectivity index (χ0v) is 22.0. The molecule has 1 unspecified atom stereocenters. The van der Waals surface area contributed by atoms with Gasteiger partial charge in [-0.2, -0.15) is 0 Å². The minimum Gasteiger partial charge on any atom is -0.341 e. The third-order valence-electron chi connectivity index (χ3n) is 6.44. The number of aromatic nitrogens is 1. The first-order valence-corrected chi connectivity index (χ1v) is 13.4. The Labute approximate surface area is 216 Å². The number of likely N-dealkylation sites (tertiary alicyclic amines) is 2. The molecule has 0 saturated carbocycles. The molecule has 36 heavy (non-hydrogen) atoms. The highest BCUT2D eigenvalue weighted by Gasteiger charge is 2.30. The van der Waals surface area contributed by atoms with Crippen LogP contribution in [0.1, 0.15) is 58.0 Å². The van der Waals surface area contributed by atoms with Gasteiger partial charge < -0.3 is 15.1 Å². The molecule has 2 aliphatic rings. The monoisotopic (exact) mass is 510 g/mol. The van der Waals surface area contributed by atoms with Gasteiger partial charge in [0.15, 0.2) is 0 Å². The van der Waals surface area contributed by atoms with Gasteiger partial charge in [0, 0.05) is 25.3 Å². The number of rotatable bonds is 5. The van der Waals surface area contributed by atoms with Crippen LogP contribution in [0.5, 0.6) is 0 Å². The van der Waals surface area contributed by atoms with E-state index in [0.717, 1.165) is 55.0 Å². The van der Waals surface area contributed by atoms with Crippen LogP contribution >= 0.6 is 11.3 Å². The molecule has 3 heterocycles. The summed E-state index contributed by atoms with van der Waals surface area (Å²) in [6.45, 7) is 7.77. The molecular weight excluding hydrogens is 476 g/mol. The Hall–Kier alpha value is -3.27. The van der Waals surface area contributed by atoms with Crippen molar-refractivity contribution in [3.8, 4) is 0 Å². The Bertz CT molecular complexity index is 1150. The summed E-state index contributed by atoms with van der Waals surface area (Å²) < 4.78 is 0. The van der Waals surface area contributed by atoms with Crippen molar-refractivity contribution in [2.45, 2.75) is 58.9 Å². The summed E-state index contributed by atoms with van der Waals surface area (Å²) in [5.41, 5.74) is 2.46. The smallest absolute Gasteiger partial charge is 0.269 e. The number of anilines is 1. The quantitative estimate of drug-likeness (QED) is 0.474. The van der Waals surface area contributed by atoms with Gasteiger partial charge in [-0.1, -0.05) is 12.1 Å². The Morgan fingerprint density at radius 1 is 1.11 bits per heavy atom. The minimum absolute atomic E-state index is 0.00654. The van der Waals surface area contributed by atoms with Crippen LogP contribution in [0.25, 0.3) is 0 Å². The summed E-state index contributed by atoms with van der Waals surface area (Å²) in [6, 6.07) is 7.03. The second-order valence-corrected chi connectivity index (χ2v) is 10.6. The molecule has 0 bridgehead atoms. The fourth-order valence-electron chi connectivity index (χ4n) is 4.61. The van der Waals surface area contributed by atoms with Crippen molar-refractivity contribution in [1.82, 2.24) is 20.1 Å². The number of guanidine groups is 1. The van der Waals surface area contributed by atoms with Gasteiger partial charge in [-0.25, -0.2) is 9.98 Å². The van der Waals surface area contributed by atoms with Crippen LogP contribution in [0.4, 0.5) is 5.69 Å². The van der Waals surface area contributed by atoms with Crippen molar-refractivity contribution >= 4 is 40.7 Å². The van der Waals surface area contributed by atoms with Crippen molar-refractivity contribution in [2.75, 3.05) is 31.5 Å². The molecule has 1 aromatic carbocycles. The van der Waals surface area contributed by atoms with Gasteiger partial charge in [0.1, 0.15) is 10.9 Å². The van der Waals surface area contributed by atoms with Gasteiger partial charge in [-0.05, 0) is 70.6 Å². The molecular formula is C26H34N6O3S. The van der Waals surface area contributed by atoms with Crippen LogP contribution < -0.4 is 10.6 Å². The van der Waals surface area contributed by atoms with Crippen LogP contribution in [-0.4, -0.2) is 70.7 Å². The first-order chi connectivity index (χ1) is 17.3. The van der Waals surface area contributed by atoms with E-state index in [1.807, 2.05) is 43.0 Å². The maximum atomic E-state index is 13.5. The number of hydrogen-bond donors (Lipinski definition) is 2. The van der Waals surface area contributed by atoms with E-state index in [9.17, 15) is 14.4 Å². The molecule has 2 aliphatic heterocycles. The van der Waals surface area contributed by atoms with E-state index in [1.54, 1.807) is 11.8 Å². The van der Waals surface area contributed by atoms with Crippen molar-refractivity contribution in [2.24, 2.45) is 4.99 Å². The third kappa shape index (κ3) is 6.48. The molecule has 2 aromatic rings. The van der Waals surface area contributed by atoms with Crippen LogP contribution in [0.3, 0.4) is 0 Å². The highest BCUT2D eigenvalue weighted by atomic mass is 32.1. The Morgan fingerprint density at radius 3 is 2.56 bits per heavy atom. The van der Waals surface area contributed by atoms with E-state index in [2.05, 4.69) is 15.6 Å². The van der Waals surface area contributed by atoms with Gasteiger partial charge in [-0.3, -0.25) is 19.7 Å². The SMILES string of the molecule is Cc1cccc(NC(=NC2CCCCN(CC(=O)N3CCCC3)C2=O)NC(=O)c2sc(C)nc2C)c1. The largest absolute Gasteiger partial charge is 0.341 e. The first kappa shape index (κ1) is 25.8. The molecule has 10 heteroatoms. The second-order valence-electron chi connectivity index (χ2n) is 9.43. The number of amides is 3. The summed E-state index contributed by atoms with van der Waals surface area (Å²) in [5.74, 6) is -0.295. The Balaban J connectivity index is 1.56. The molecule has 2 fully saturated rings. The zero-order chi connectivity index (χ0) is 25.7. The van der Waals surface area contributed by atoms with Gasteiger partial charge >= 0.3 is 0 Å². The molecule has 192 valence electrons. The standard InChI is InChI=1S/C26H34N6O3S/c1-17-9-8-10-20(15-17)28-26(30-24(34)23-18(2)27-19(3)36-23)29-21-11-4-5-14-32(25(21)35)16-22(33)31-12-6-7-13-31/h8-10,15,21H,4-7,11-14,16H2,1-3H3,(H2,28,29,30,34). The molecule has 0 aliphatic carbocycles. The number of nitrogens with one attached hydrogen (secondary N) is 2. The molecule has 9 nitrogen and oxygen atoms in total. The molecule has 0 spiro atoms. The molecule has 4 rings (SSSR count). The van der Waals surface area contributed by atoms with E-state index in [4.69, 9.17) is 4.99 Å². The van der Waals surface area contributed by atoms with Gasteiger partial charge in [0.05, 0.1) is 17.2 Å². The van der Waals surface area contributed by atoms with Crippen LogP contribution in [-0.2, 0) is 9.59 Å². The molecule has 1 aromatic heterocycles. The number of nitrogens with zero attached hydrogens (tertiary/aromatic N) is 4. The number of carbonyl (C=O) groups excluding carboxylic acids is 3. The number of aliphatic imine (C=N–C) groups is 1. The summed E-state index contributed by atoms with van der Waals surface area (Å²) in [7, 11) is 0. The van der Waals surface area contributed by atoms with Crippen molar-refractivity contribution in [3.05, 3.63) is 45.4 Å². The summed E-state index contributed by atoms with van der Waals surface area (Å²) in [6.07, 6.45) is 4.21. The fraction of sp³-hybridized carbons (Fsp3) is 0.500. The van der Waals surface area contributed by atoms with E-state index in [0.29, 0.717) is 23.5 Å². The first-order valence-electron chi connectivity index (χ1n) is 12.5. The highest BCUT2D eigenvalue weighted by molar-refractivity contribution is 7.13. The van der Waals surface area contributed by atoms with E-state index in [1.165, 1.54) is 11.3 Å². The molecule has 1 atom stereocenters. The van der Waals surface area contributed by atoms with Crippen LogP contribution in [0.2, 0.25) is 0 Å². The minimum atomic E-state index is -0.684. The van der Waals surface area contributed by atoms with Crippen molar-refractivity contribution in [1.29, 1.82) is 0 Å². The zero-order valence-electron chi connectivity index (χ0n) is 21.2. The number of hydrogen-bond acceptors (Lipinski definition) is 6. The number of carbonyl (C=O) groups is 3. The van der Waals surface area contributed by atoms with Crippen molar-refractivity contribution in [3.63, 3.8) is 0 Å². The average molecular weight is 511 g/mol. The maximum absolute atomic E-state index is 13.5. The number of benzene rings is 1. The summed E-state index contributed by atoms with van der Waals surface area (Å²) in [4.78, 5) is 52.3. The Morgan fingerprint density at radius 2 is 1.86 bits per heavy atom. The van der Waals surface area contributed by atoms with E-state index < -0.39 is 6.04 Å². The lowest BCUT2D eigenvalue weighted by molar-refractivity contribution is -0.140. The van der Waals surface area contributed by atoms with Crippen LogP contribution in [0.15, 0.2) is 29.3 Å². The normalized spacial score (nSPS) is 18.8. The summed E-state index contributed by atoms with van der Waals surface area (Å²) >= 11 is 1.32. The van der Waals surface area contributed by atoms with Gasteiger partial charge in [0.25, 0.3) is 5.91 Å².